The Morgan fingerprint density at radius 2 is 1.11 bits per heavy atom. The number of nitrogens with zero attached hydrogens (tertiary/aromatic N) is 2. The van der Waals surface area contributed by atoms with Crippen LogP contribution in [0.2, 0.25) is 0 Å². The molecule has 5 atom stereocenters. The average Bonchev–Trinajstić information content (AvgIpc) is 1.53. The third-order valence-electron chi connectivity index (χ3n) is 14.8. The third-order valence-corrected chi connectivity index (χ3v) is 14.8. The fourth-order valence-corrected chi connectivity index (χ4v) is 10.5. The van der Waals surface area contributed by atoms with Gasteiger partial charge in [-0.1, -0.05) is 151 Å². The summed E-state index contributed by atoms with van der Waals surface area (Å²) in [6.45, 7) is 38.4. The van der Waals surface area contributed by atoms with Gasteiger partial charge in [0.25, 0.3) is 0 Å². The van der Waals surface area contributed by atoms with Crippen LogP contribution in [0.3, 0.4) is 0 Å². The maximum atomic E-state index is 12.5. The zero-order valence-electron chi connectivity index (χ0n) is 55.0. The summed E-state index contributed by atoms with van der Waals surface area (Å²) >= 11 is 7.04. The van der Waals surface area contributed by atoms with Crippen LogP contribution in [-0.2, 0) is 44.9 Å². The number of aliphatic hydroxyl groups is 2. The number of halogens is 3. The van der Waals surface area contributed by atoms with Crippen molar-refractivity contribution >= 4 is 75.2 Å². The molecule has 1 saturated carbocycles. The minimum atomic E-state index is -0.940. The molecule has 3 N–H and O–H groups in total. The zero-order chi connectivity index (χ0) is 62.9. The molecular weight excluding hydrogens is 1350 g/mol. The van der Waals surface area contributed by atoms with E-state index in [9.17, 15) is 24.6 Å². The number of allylic oxidation sites excluding steroid dienone is 2. The normalized spacial score (nSPS) is 18.9. The maximum absolute atomic E-state index is 12.5. The van der Waals surface area contributed by atoms with Crippen LogP contribution in [0.4, 0.5) is 9.59 Å². The van der Waals surface area contributed by atoms with Crippen LogP contribution < -0.4 is 22.3 Å². The van der Waals surface area contributed by atoms with Crippen molar-refractivity contribution in [3.05, 3.63) is 154 Å². The molecule has 16 heteroatoms. The zero-order valence-corrected chi connectivity index (χ0v) is 63.9. The summed E-state index contributed by atoms with van der Waals surface area (Å²) in [6, 6.07) is 29.5. The van der Waals surface area contributed by atoms with Crippen LogP contribution in [0, 0.1) is 44.4 Å². The Kier molecular flexibility index (Phi) is 52.9. The molecule has 8 rings (SSSR count). The molecule has 5 aliphatic rings. The molecule has 0 bridgehead atoms. The number of amides is 2. The Hall–Kier alpha value is -1.92. The van der Waals surface area contributed by atoms with Crippen LogP contribution in [0.5, 0.6) is 0 Å². The Morgan fingerprint density at radius 1 is 0.678 bits per heavy atom. The summed E-state index contributed by atoms with van der Waals surface area (Å²) in [6.07, 6.45) is 22.1. The molecule has 4 aliphatic heterocycles. The SMILES string of the molecule is C1CCOC1.C=CCCCC(O)(c1ccccc1)C1CCCN(C(=O)OC(C)(C)C)C1.C=CCC[CH2-].CC(C)(C)OC(=O)N1CCCC(C(=O)c2ccccc2)C1.ClCI.OC(CCCC1CC1)(c1ccccc1)C1CCCNC1.[Br-].[CH2-]C.[CH2-]C.[Mg+2].[Zn+2]. The minimum absolute atomic E-state index is 0. The molecule has 5 unspecified atom stereocenters. The van der Waals surface area contributed by atoms with Crippen molar-refractivity contribution in [2.24, 2.45) is 23.7 Å². The molecule has 4 saturated heterocycles. The number of ether oxygens (including phenoxy) is 3. The van der Waals surface area contributed by atoms with E-state index in [-0.39, 0.29) is 89.3 Å². The van der Waals surface area contributed by atoms with Crippen molar-refractivity contribution in [3.8, 4) is 0 Å². The van der Waals surface area contributed by atoms with Crippen LogP contribution in [0.25, 0.3) is 0 Å². The molecule has 1 aliphatic carbocycles. The van der Waals surface area contributed by atoms with E-state index < -0.39 is 22.4 Å². The predicted molar refractivity (Wildman–Crippen MR) is 366 cm³/mol. The largest absolute Gasteiger partial charge is 2.00 e. The summed E-state index contributed by atoms with van der Waals surface area (Å²) in [5.74, 6) is 1.30. The van der Waals surface area contributed by atoms with E-state index >= 15 is 0 Å². The number of nitrogens with one attached hydrogen (secondary N) is 1. The maximum Gasteiger partial charge on any atom is 2.00 e. The number of carbonyl (C=O) groups excluding carboxylic acids is 3. The predicted octanol–water partition coefficient (Wildman–Crippen LogP) is 14.4. The number of hydrogen-bond donors (Lipinski definition) is 3. The van der Waals surface area contributed by atoms with Gasteiger partial charge in [-0.15, -0.1) is 24.8 Å². The van der Waals surface area contributed by atoms with Gasteiger partial charge in [-0.25, -0.2) is 9.59 Å². The number of piperidine rings is 3. The van der Waals surface area contributed by atoms with Crippen LogP contribution in [0.1, 0.15) is 192 Å². The molecule has 5 fully saturated rings. The van der Waals surface area contributed by atoms with Crippen molar-refractivity contribution in [1.29, 1.82) is 0 Å². The monoisotopic (exact) mass is 1460 g/mol. The number of unbranched alkanes of at least 4 members (excludes halogenated alkanes) is 2. The Morgan fingerprint density at radius 3 is 1.52 bits per heavy atom. The summed E-state index contributed by atoms with van der Waals surface area (Å²) in [7, 11) is 0. The van der Waals surface area contributed by atoms with E-state index in [0.717, 1.165) is 114 Å². The molecule has 0 spiro atoms. The molecule has 3 aromatic carbocycles. The number of hydrogen-bond acceptors (Lipinski definition) is 9. The quantitative estimate of drug-likeness (QED) is 0.0243. The van der Waals surface area contributed by atoms with E-state index in [1.165, 1.54) is 38.5 Å². The number of ketones is 1. The smallest absolute Gasteiger partial charge is 1.00 e. The van der Waals surface area contributed by atoms with Gasteiger partial charge in [-0.05, 0) is 149 Å². The van der Waals surface area contributed by atoms with Gasteiger partial charge >= 0.3 is 54.7 Å². The Bertz CT molecular complexity index is 2180. The van der Waals surface area contributed by atoms with Crippen molar-refractivity contribution in [2.75, 3.05) is 56.4 Å². The van der Waals surface area contributed by atoms with Crippen molar-refractivity contribution < 1.29 is 75.3 Å². The van der Waals surface area contributed by atoms with E-state index in [4.69, 9.17) is 25.8 Å². The van der Waals surface area contributed by atoms with Crippen LogP contribution >= 0.6 is 34.2 Å². The van der Waals surface area contributed by atoms with Crippen LogP contribution in [0.15, 0.2) is 116 Å². The molecule has 11 nitrogen and oxygen atoms in total. The van der Waals surface area contributed by atoms with Gasteiger partial charge in [0.15, 0.2) is 5.78 Å². The van der Waals surface area contributed by atoms with Crippen molar-refractivity contribution in [2.45, 2.75) is 193 Å². The van der Waals surface area contributed by atoms with Gasteiger partial charge < -0.3 is 77.3 Å². The molecule has 3 aromatic rings. The first kappa shape index (κ1) is 89.3. The summed E-state index contributed by atoms with van der Waals surface area (Å²) in [4.78, 5) is 40.5. The second-order valence-electron chi connectivity index (χ2n) is 23.8. The molecular formula is C71H112BrClIMgN3O8Zn. The minimum Gasteiger partial charge on any atom is -1.00 e. The van der Waals surface area contributed by atoms with E-state index in [1.807, 2.05) is 120 Å². The third kappa shape index (κ3) is 37.4. The fraction of sp³-hybridized carbons (Fsp3) is 0.606. The second-order valence-corrected chi connectivity index (χ2v) is 25.7. The second kappa shape index (κ2) is 51.6. The van der Waals surface area contributed by atoms with Gasteiger partial charge in [-0.2, -0.15) is 20.3 Å². The first-order valence-electron chi connectivity index (χ1n) is 31.2. The molecule has 0 radical (unpaired) electrons. The molecule has 4 heterocycles. The number of rotatable bonds is 16. The number of alkyl halides is 2. The number of carbonyl (C=O) groups is 3. The average molecular weight is 1470 g/mol. The van der Waals surface area contributed by atoms with Crippen LogP contribution in [-0.4, -0.2) is 129 Å². The molecule has 87 heavy (non-hydrogen) atoms. The van der Waals surface area contributed by atoms with Crippen molar-refractivity contribution in [3.63, 3.8) is 0 Å². The van der Waals surface area contributed by atoms with Gasteiger partial charge in [-0.3, -0.25) is 4.79 Å². The summed E-state index contributed by atoms with van der Waals surface area (Å²) in [5.41, 5.74) is 0.171. The number of Topliss-reactive ketones (excluding diaryl/α,β-unsaturated/α-hetero) is 1. The van der Waals surface area contributed by atoms with Gasteiger partial charge in [0, 0.05) is 69.3 Å². The van der Waals surface area contributed by atoms with Gasteiger partial charge in [0.1, 0.15) is 11.2 Å². The standard InChI is InChI=1S/C22H33NO3.C18H27NO.C17H23NO3.C5H9.C4H8O.2C2H5.CH2ClI.BrH.Mg.Zn/c1-5-6-10-15-22(25,18-12-8-7-9-13-18)19-14-11-16-23(17-19)20(24)26-21(2,3)4;20-18(12-4-6-15-10-11-15,16-7-2-1-3-8-16)17-9-5-13-19-14-17;1-17(2,3)21-16(20)18-11-7-10-14(12-18)15(19)13-8-5-4-6-9-13;1-3-5-4-2;1-2-4-5-3-1;2*1-2;2-1-3;;;/h5,7-9,12-13,19,25H,1,6,10-11,14-17H2,2-4H3;1-3,7-8,15,17,19-20H,4-6,9-14H2;4-6,8-9,14H,7,10-12H2,1-3H3;3H,1-2,4-5H2;1-4H2;2*1H2,2H3;1H2;1H;;/q;;;-1;;2*-1;;;2*+2/p-1. The Labute approximate surface area is 587 Å². The van der Waals surface area contributed by atoms with Gasteiger partial charge in [0.2, 0.25) is 0 Å². The molecule has 0 aromatic heterocycles. The molecule has 2 amide bonds. The fourth-order valence-electron chi connectivity index (χ4n) is 10.5. The number of likely N-dealkylation sites (tertiary alicyclic amines) is 2. The first-order valence-corrected chi connectivity index (χ1v) is 33.2. The number of benzene rings is 3. The van der Waals surface area contributed by atoms with Crippen molar-refractivity contribution in [1.82, 2.24) is 15.1 Å². The molecule has 484 valence electrons. The summed E-state index contributed by atoms with van der Waals surface area (Å²) < 4.78 is 16.6. The Balaban J connectivity index is -0.00000106. The topological polar surface area (TPSA) is 138 Å². The van der Waals surface area contributed by atoms with Gasteiger partial charge in [0.05, 0.1) is 15.1 Å². The summed E-state index contributed by atoms with van der Waals surface area (Å²) in [5, 5.41) is 26.5. The van der Waals surface area contributed by atoms with E-state index in [1.54, 1.807) is 23.6 Å². The van der Waals surface area contributed by atoms with E-state index in [0.29, 0.717) is 48.0 Å². The first-order chi connectivity index (χ1) is 40.2. The van der Waals surface area contributed by atoms with E-state index in [2.05, 4.69) is 86.1 Å².